The summed E-state index contributed by atoms with van der Waals surface area (Å²) in [6.07, 6.45) is 4.35. The van der Waals surface area contributed by atoms with E-state index in [4.69, 9.17) is 0 Å². The topological polar surface area (TPSA) is 62.8 Å². The lowest BCUT2D eigenvalue weighted by atomic mass is 9.74. The van der Waals surface area contributed by atoms with Crippen LogP contribution in [0.1, 0.15) is 42.9 Å². The van der Waals surface area contributed by atoms with Gasteiger partial charge in [0.25, 0.3) is 5.56 Å². The second-order valence-corrected chi connectivity index (χ2v) is 7.08. The van der Waals surface area contributed by atoms with Crippen molar-refractivity contribution in [2.24, 2.45) is 5.92 Å². The molecule has 0 radical (unpaired) electrons. The maximum atomic E-state index is 12.6. The van der Waals surface area contributed by atoms with Gasteiger partial charge in [-0.25, -0.2) is 5.10 Å². The molecule has 0 saturated heterocycles. The molecule has 3 aromatic rings. The monoisotopic (exact) mass is 346 g/mol. The van der Waals surface area contributed by atoms with Gasteiger partial charge >= 0.3 is 0 Å². The fourth-order valence-corrected chi connectivity index (χ4v) is 4.16. The number of ketones is 1. The van der Waals surface area contributed by atoms with Crippen LogP contribution in [0, 0.1) is 5.92 Å². The van der Waals surface area contributed by atoms with E-state index in [0.717, 1.165) is 30.3 Å². The molecule has 1 aliphatic carbocycles. The SMILES string of the molecule is O=C1CCCCC1C(Cc1n[nH]c(=O)c2ccccc12)c1ccccc1. The van der Waals surface area contributed by atoms with E-state index in [0.29, 0.717) is 24.0 Å². The summed E-state index contributed by atoms with van der Waals surface area (Å²) in [7, 11) is 0. The van der Waals surface area contributed by atoms with Gasteiger partial charge in [0.2, 0.25) is 0 Å². The Labute approximate surface area is 152 Å². The van der Waals surface area contributed by atoms with Crippen LogP contribution in [0.25, 0.3) is 10.8 Å². The normalized spacial score (nSPS) is 18.8. The molecule has 0 amide bonds. The van der Waals surface area contributed by atoms with Crippen molar-refractivity contribution >= 4 is 16.6 Å². The van der Waals surface area contributed by atoms with Crippen molar-refractivity contribution in [3.8, 4) is 0 Å². The molecule has 1 saturated carbocycles. The van der Waals surface area contributed by atoms with Crippen molar-refractivity contribution in [3.05, 3.63) is 76.2 Å². The molecule has 2 unspecified atom stereocenters. The summed E-state index contributed by atoms with van der Waals surface area (Å²) in [5.41, 5.74) is 1.85. The highest BCUT2D eigenvalue weighted by Gasteiger charge is 2.32. The van der Waals surface area contributed by atoms with Crippen molar-refractivity contribution in [3.63, 3.8) is 0 Å². The fraction of sp³-hybridized carbons (Fsp3) is 0.318. The summed E-state index contributed by atoms with van der Waals surface area (Å²) in [6, 6.07) is 17.8. The third-order valence-corrected chi connectivity index (χ3v) is 5.50. The molecule has 0 aliphatic heterocycles. The molecule has 4 nitrogen and oxygen atoms in total. The minimum absolute atomic E-state index is 0.0265. The van der Waals surface area contributed by atoms with Gasteiger partial charge in [-0.2, -0.15) is 5.10 Å². The number of carbonyl (C=O) groups is 1. The van der Waals surface area contributed by atoms with Gasteiger partial charge in [-0.1, -0.05) is 55.0 Å². The lowest BCUT2D eigenvalue weighted by Gasteiger charge is -2.29. The first-order chi connectivity index (χ1) is 12.7. The number of rotatable bonds is 4. The quantitative estimate of drug-likeness (QED) is 0.776. The molecule has 4 rings (SSSR count). The zero-order valence-electron chi connectivity index (χ0n) is 14.7. The molecule has 132 valence electrons. The van der Waals surface area contributed by atoms with Crippen LogP contribution in [-0.2, 0) is 11.2 Å². The lowest BCUT2D eigenvalue weighted by molar-refractivity contribution is -0.125. The summed E-state index contributed by atoms with van der Waals surface area (Å²) >= 11 is 0. The predicted molar refractivity (Wildman–Crippen MR) is 102 cm³/mol. The molecule has 26 heavy (non-hydrogen) atoms. The summed E-state index contributed by atoms with van der Waals surface area (Å²) in [5.74, 6) is 0.475. The maximum absolute atomic E-state index is 12.6. The lowest BCUT2D eigenvalue weighted by Crippen LogP contribution is -2.27. The zero-order chi connectivity index (χ0) is 17.9. The van der Waals surface area contributed by atoms with Gasteiger partial charge in [0.1, 0.15) is 5.78 Å². The highest BCUT2D eigenvalue weighted by atomic mass is 16.1. The third-order valence-electron chi connectivity index (χ3n) is 5.50. The van der Waals surface area contributed by atoms with Crippen LogP contribution in [0.15, 0.2) is 59.4 Å². The van der Waals surface area contributed by atoms with Gasteiger partial charge in [-0.15, -0.1) is 0 Å². The first-order valence-electron chi connectivity index (χ1n) is 9.28. The van der Waals surface area contributed by atoms with E-state index >= 15 is 0 Å². The van der Waals surface area contributed by atoms with Crippen molar-refractivity contribution in [1.29, 1.82) is 0 Å². The van der Waals surface area contributed by atoms with E-state index < -0.39 is 0 Å². The Morgan fingerprint density at radius 2 is 1.69 bits per heavy atom. The van der Waals surface area contributed by atoms with E-state index in [1.165, 1.54) is 5.56 Å². The Morgan fingerprint density at radius 3 is 2.46 bits per heavy atom. The van der Waals surface area contributed by atoms with Crippen LogP contribution in [0.4, 0.5) is 0 Å². The van der Waals surface area contributed by atoms with Gasteiger partial charge in [0.05, 0.1) is 11.1 Å². The number of hydrogen-bond acceptors (Lipinski definition) is 3. The third kappa shape index (κ3) is 3.19. The van der Waals surface area contributed by atoms with E-state index in [-0.39, 0.29) is 17.4 Å². The molecule has 2 aromatic carbocycles. The number of nitrogens with zero attached hydrogens (tertiary/aromatic N) is 1. The number of Topliss-reactive ketones (excluding diaryl/α,β-unsaturated/α-hetero) is 1. The molecule has 0 bridgehead atoms. The molecule has 4 heteroatoms. The molecule has 1 aliphatic rings. The Bertz CT molecular complexity index is 978. The highest BCUT2D eigenvalue weighted by Crippen LogP contribution is 2.36. The first kappa shape index (κ1) is 16.7. The number of H-pyrrole nitrogens is 1. The molecule has 1 aromatic heterocycles. The van der Waals surface area contributed by atoms with Gasteiger partial charge < -0.3 is 0 Å². The van der Waals surface area contributed by atoms with Crippen molar-refractivity contribution in [2.75, 3.05) is 0 Å². The highest BCUT2D eigenvalue weighted by molar-refractivity contribution is 5.84. The molecule has 2 atom stereocenters. The van der Waals surface area contributed by atoms with Gasteiger partial charge in [-0.05, 0) is 36.8 Å². The number of carbonyl (C=O) groups excluding carboxylic acids is 1. The van der Waals surface area contributed by atoms with Gasteiger partial charge in [0, 0.05) is 17.7 Å². The van der Waals surface area contributed by atoms with Crippen LogP contribution in [0.2, 0.25) is 0 Å². The number of aromatic nitrogens is 2. The molecule has 0 spiro atoms. The first-order valence-corrected chi connectivity index (χ1v) is 9.28. The predicted octanol–water partition coefficient (Wildman–Crippen LogP) is 4.01. The minimum atomic E-state index is -0.172. The Kier molecular flexibility index (Phi) is 4.65. The summed E-state index contributed by atoms with van der Waals surface area (Å²) in [6.45, 7) is 0. The van der Waals surface area contributed by atoms with Crippen molar-refractivity contribution < 1.29 is 4.79 Å². The van der Waals surface area contributed by atoms with E-state index in [2.05, 4.69) is 22.3 Å². The summed E-state index contributed by atoms with van der Waals surface area (Å²) < 4.78 is 0. The number of benzene rings is 2. The summed E-state index contributed by atoms with van der Waals surface area (Å²) in [5, 5.41) is 8.49. The van der Waals surface area contributed by atoms with E-state index in [1.54, 1.807) is 0 Å². The van der Waals surface area contributed by atoms with E-state index in [9.17, 15) is 9.59 Å². The molecular weight excluding hydrogens is 324 g/mol. The number of nitrogens with one attached hydrogen (secondary N) is 1. The second-order valence-electron chi connectivity index (χ2n) is 7.08. The van der Waals surface area contributed by atoms with Gasteiger partial charge in [-0.3, -0.25) is 9.59 Å². The van der Waals surface area contributed by atoms with Gasteiger partial charge in [0.15, 0.2) is 0 Å². The molecule has 1 N–H and O–H groups in total. The smallest absolute Gasteiger partial charge is 0.272 e. The van der Waals surface area contributed by atoms with Crippen LogP contribution >= 0.6 is 0 Å². The second kappa shape index (κ2) is 7.24. The number of fused-ring (bicyclic) bond motifs is 1. The Hall–Kier alpha value is -2.75. The van der Waals surface area contributed by atoms with Crippen LogP contribution in [0.3, 0.4) is 0 Å². The largest absolute Gasteiger partial charge is 0.299 e. The number of aromatic amines is 1. The van der Waals surface area contributed by atoms with Crippen molar-refractivity contribution in [1.82, 2.24) is 10.2 Å². The summed E-state index contributed by atoms with van der Waals surface area (Å²) in [4.78, 5) is 24.7. The maximum Gasteiger partial charge on any atom is 0.272 e. The molecule has 1 fully saturated rings. The zero-order valence-corrected chi connectivity index (χ0v) is 14.7. The molecular formula is C22H22N2O2. The fourth-order valence-electron chi connectivity index (χ4n) is 4.16. The van der Waals surface area contributed by atoms with E-state index in [1.807, 2.05) is 42.5 Å². The van der Waals surface area contributed by atoms with Crippen LogP contribution in [0.5, 0.6) is 0 Å². The standard InChI is InChI=1S/C22H22N2O2/c25-21-13-7-6-11-17(21)19(15-8-2-1-3-9-15)14-20-16-10-4-5-12-18(16)22(26)24-23-20/h1-5,8-10,12,17,19H,6-7,11,13-14H2,(H,24,26). The average Bonchev–Trinajstić information content (AvgIpc) is 2.69. The van der Waals surface area contributed by atoms with Crippen LogP contribution in [-0.4, -0.2) is 16.0 Å². The Morgan fingerprint density at radius 1 is 0.962 bits per heavy atom. The number of hydrogen-bond donors (Lipinski definition) is 1. The minimum Gasteiger partial charge on any atom is -0.299 e. The van der Waals surface area contributed by atoms with Crippen molar-refractivity contribution in [2.45, 2.75) is 38.0 Å². The Balaban J connectivity index is 1.77. The van der Waals surface area contributed by atoms with Crippen LogP contribution < -0.4 is 5.56 Å². The average molecular weight is 346 g/mol. The molecule has 1 heterocycles.